The fourth-order valence-electron chi connectivity index (χ4n) is 4.70. The highest BCUT2D eigenvalue weighted by molar-refractivity contribution is 5.61. The summed E-state index contributed by atoms with van der Waals surface area (Å²) in [7, 11) is 0. The number of phenolic OH excluding ortho intramolecular Hbond substituents is 1. The summed E-state index contributed by atoms with van der Waals surface area (Å²) in [6.07, 6.45) is 12.2. The molecule has 3 rings (SSSR count). The Morgan fingerprint density at radius 1 is 0.931 bits per heavy atom. The largest absolute Gasteiger partial charge is 0.508 e. The second-order valence-corrected chi connectivity index (χ2v) is 8.87. The molecule has 0 unspecified atom stereocenters. The van der Waals surface area contributed by atoms with E-state index in [0.29, 0.717) is 5.75 Å². The van der Waals surface area contributed by atoms with Gasteiger partial charge in [-0.2, -0.15) is 0 Å². The van der Waals surface area contributed by atoms with Gasteiger partial charge >= 0.3 is 0 Å². The molecular weight excluding hydrogens is 358 g/mol. The first-order valence-corrected chi connectivity index (χ1v) is 11.7. The van der Waals surface area contributed by atoms with E-state index in [4.69, 9.17) is 4.74 Å². The van der Waals surface area contributed by atoms with E-state index in [1.54, 1.807) is 12.1 Å². The van der Waals surface area contributed by atoms with Gasteiger partial charge in [-0.1, -0.05) is 45.4 Å². The summed E-state index contributed by atoms with van der Waals surface area (Å²) in [5, 5.41) is 9.53. The summed E-state index contributed by atoms with van der Waals surface area (Å²) < 4.78 is 8.42. The lowest BCUT2D eigenvalue weighted by atomic mass is 9.80. The molecule has 0 amide bonds. The van der Waals surface area contributed by atoms with Gasteiger partial charge in [0.15, 0.2) is 0 Å². The van der Waals surface area contributed by atoms with Gasteiger partial charge in [0.2, 0.25) is 0 Å². The van der Waals surface area contributed by atoms with E-state index >= 15 is 0 Å². The van der Waals surface area contributed by atoms with Crippen molar-refractivity contribution in [2.45, 2.75) is 78.2 Å². The van der Waals surface area contributed by atoms with Crippen molar-refractivity contribution in [2.24, 2.45) is 11.8 Å². The molecule has 1 heterocycles. The summed E-state index contributed by atoms with van der Waals surface area (Å²) in [6.45, 7) is 7.20. The molecule has 0 saturated heterocycles. The Labute approximate surface area is 177 Å². The van der Waals surface area contributed by atoms with Gasteiger partial charge in [-0.05, 0) is 80.0 Å². The molecule has 1 N–H and O–H groups in total. The third-order valence-electron chi connectivity index (χ3n) is 6.57. The molecule has 2 aromatic rings. The molecule has 29 heavy (non-hydrogen) atoms. The highest BCUT2D eigenvalue weighted by atomic mass is 16.5. The van der Waals surface area contributed by atoms with Crippen molar-refractivity contribution < 1.29 is 9.84 Å². The molecule has 1 aromatic carbocycles. The molecule has 0 radical (unpaired) electrons. The van der Waals surface area contributed by atoms with Crippen molar-refractivity contribution in [1.82, 2.24) is 4.57 Å². The van der Waals surface area contributed by atoms with Gasteiger partial charge in [0.25, 0.3) is 0 Å². The minimum atomic E-state index is 0.312. The molecule has 0 spiro atoms. The highest BCUT2D eigenvalue weighted by Gasteiger charge is 2.20. The first-order valence-electron chi connectivity index (χ1n) is 11.7. The molecule has 0 atom stereocenters. The third kappa shape index (κ3) is 6.64. The first-order chi connectivity index (χ1) is 14.2. The van der Waals surface area contributed by atoms with Crippen LogP contribution in [0.2, 0.25) is 0 Å². The maximum absolute atomic E-state index is 9.53. The lowest BCUT2D eigenvalue weighted by molar-refractivity contribution is 0.0735. The van der Waals surface area contributed by atoms with Crippen LogP contribution in [-0.2, 0) is 11.3 Å². The Bertz CT molecular complexity index is 711. The molecule has 1 aromatic heterocycles. The second-order valence-electron chi connectivity index (χ2n) is 8.87. The van der Waals surface area contributed by atoms with E-state index in [1.807, 2.05) is 12.1 Å². The Hall–Kier alpha value is -1.74. The van der Waals surface area contributed by atoms with Crippen molar-refractivity contribution >= 4 is 0 Å². The van der Waals surface area contributed by atoms with Crippen LogP contribution in [0.4, 0.5) is 0 Å². The summed E-state index contributed by atoms with van der Waals surface area (Å²) in [6, 6.07) is 11.8. The van der Waals surface area contributed by atoms with Crippen LogP contribution < -0.4 is 0 Å². The Kier molecular flexibility index (Phi) is 8.67. The van der Waals surface area contributed by atoms with Crippen molar-refractivity contribution in [1.29, 1.82) is 0 Å². The lowest BCUT2D eigenvalue weighted by Crippen LogP contribution is -2.19. The lowest BCUT2D eigenvalue weighted by Gasteiger charge is -2.28. The van der Waals surface area contributed by atoms with Gasteiger partial charge in [0.05, 0.1) is 0 Å². The number of hydrogen-bond donors (Lipinski definition) is 1. The number of nitrogens with zero attached hydrogens (tertiary/aromatic N) is 1. The van der Waals surface area contributed by atoms with Gasteiger partial charge in [-0.3, -0.25) is 0 Å². The van der Waals surface area contributed by atoms with E-state index in [1.165, 1.54) is 62.8 Å². The first kappa shape index (κ1) is 22.0. The average molecular weight is 398 g/mol. The van der Waals surface area contributed by atoms with Gasteiger partial charge in [0.1, 0.15) is 5.75 Å². The fourth-order valence-corrected chi connectivity index (χ4v) is 4.70. The zero-order valence-corrected chi connectivity index (χ0v) is 18.4. The van der Waals surface area contributed by atoms with Crippen LogP contribution in [0.5, 0.6) is 5.75 Å². The average Bonchev–Trinajstić information content (AvgIpc) is 3.10. The molecule has 1 saturated carbocycles. The molecular formula is C26H39NO2. The van der Waals surface area contributed by atoms with Crippen molar-refractivity contribution in [3.63, 3.8) is 0 Å². The van der Waals surface area contributed by atoms with E-state index in [0.717, 1.165) is 43.6 Å². The topological polar surface area (TPSA) is 34.4 Å². The Morgan fingerprint density at radius 3 is 2.38 bits per heavy atom. The van der Waals surface area contributed by atoms with E-state index < -0.39 is 0 Å². The maximum Gasteiger partial charge on any atom is 0.115 e. The SMILES string of the molecule is CCCCCC1CCC(COCCCn2c(C)ccc2-c2ccc(O)cc2)CC1. The number of aryl methyl sites for hydroxylation is 1. The van der Waals surface area contributed by atoms with Gasteiger partial charge in [0, 0.05) is 31.1 Å². The number of aromatic hydroxyl groups is 1. The fraction of sp³-hybridized carbons (Fsp3) is 0.615. The zero-order valence-electron chi connectivity index (χ0n) is 18.4. The van der Waals surface area contributed by atoms with Crippen LogP contribution in [0.25, 0.3) is 11.3 Å². The monoisotopic (exact) mass is 397 g/mol. The smallest absolute Gasteiger partial charge is 0.115 e. The molecule has 1 fully saturated rings. The van der Waals surface area contributed by atoms with Gasteiger partial charge in [-0.15, -0.1) is 0 Å². The molecule has 1 aliphatic rings. The summed E-state index contributed by atoms with van der Waals surface area (Å²) >= 11 is 0. The van der Waals surface area contributed by atoms with Crippen molar-refractivity contribution in [3.05, 3.63) is 42.1 Å². The van der Waals surface area contributed by atoms with Crippen LogP contribution in [0.15, 0.2) is 36.4 Å². The number of hydrogen-bond acceptors (Lipinski definition) is 2. The van der Waals surface area contributed by atoms with Crippen LogP contribution in [0, 0.1) is 18.8 Å². The quantitative estimate of drug-likeness (QED) is 0.416. The van der Waals surface area contributed by atoms with E-state index in [2.05, 4.69) is 30.5 Å². The molecule has 3 heteroatoms. The number of ether oxygens (including phenoxy) is 1. The predicted molar refractivity (Wildman–Crippen MR) is 121 cm³/mol. The standard InChI is InChI=1S/C26H39NO2/c1-3-4-5-7-22-9-11-23(12-10-22)20-29-19-6-18-27-21(2)8-17-26(27)24-13-15-25(28)16-14-24/h8,13-17,22-23,28H,3-7,9-12,18-20H2,1-2H3. The normalized spacial score (nSPS) is 19.5. The number of aromatic nitrogens is 1. The zero-order chi connectivity index (χ0) is 20.5. The van der Waals surface area contributed by atoms with Crippen LogP contribution in [0.1, 0.15) is 70.4 Å². The van der Waals surface area contributed by atoms with Crippen LogP contribution in [-0.4, -0.2) is 22.9 Å². The van der Waals surface area contributed by atoms with Gasteiger partial charge in [-0.25, -0.2) is 0 Å². The third-order valence-corrected chi connectivity index (χ3v) is 6.57. The molecule has 3 nitrogen and oxygen atoms in total. The number of rotatable bonds is 11. The summed E-state index contributed by atoms with van der Waals surface area (Å²) in [5.41, 5.74) is 3.63. The van der Waals surface area contributed by atoms with Crippen LogP contribution >= 0.6 is 0 Å². The number of phenols is 1. The summed E-state index contributed by atoms with van der Waals surface area (Å²) in [5.74, 6) is 2.07. The predicted octanol–water partition coefficient (Wildman–Crippen LogP) is 6.96. The number of benzene rings is 1. The second kappa shape index (κ2) is 11.4. The van der Waals surface area contributed by atoms with E-state index in [-0.39, 0.29) is 0 Å². The molecule has 0 aliphatic heterocycles. The molecule has 0 bridgehead atoms. The highest BCUT2D eigenvalue weighted by Crippen LogP contribution is 2.32. The molecule has 1 aliphatic carbocycles. The maximum atomic E-state index is 9.53. The van der Waals surface area contributed by atoms with E-state index in [9.17, 15) is 5.11 Å². The Morgan fingerprint density at radius 2 is 1.66 bits per heavy atom. The number of unbranched alkanes of at least 4 members (excludes halogenated alkanes) is 2. The van der Waals surface area contributed by atoms with Crippen molar-refractivity contribution in [2.75, 3.05) is 13.2 Å². The summed E-state index contributed by atoms with van der Waals surface area (Å²) in [4.78, 5) is 0. The minimum Gasteiger partial charge on any atom is -0.508 e. The minimum absolute atomic E-state index is 0.312. The molecule has 160 valence electrons. The Balaban J connectivity index is 1.35. The van der Waals surface area contributed by atoms with Crippen LogP contribution in [0.3, 0.4) is 0 Å². The van der Waals surface area contributed by atoms with Crippen molar-refractivity contribution in [3.8, 4) is 17.0 Å². The van der Waals surface area contributed by atoms with Gasteiger partial charge < -0.3 is 14.4 Å².